The maximum atomic E-state index is 13.3. The predicted octanol–water partition coefficient (Wildman–Crippen LogP) is 3.24. The summed E-state index contributed by atoms with van der Waals surface area (Å²) in [5.41, 5.74) is 1.45. The Bertz CT molecular complexity index is 1070. The molecule has 3 aromatic rings. The fourth-order valence-corrected chi connectivity index (χ4v) is 3.91. The van der Waals surface area contributed by atoms with Crippen molar-refractivity contribution in [1.29, 1.82) is 0 Å². The van der Waals surface area contributed by atoms with Gasteiger partial charge in [0.05, 0.1) is 18.4 Å². The van der Waals surface area contributed by atoms with E-state index in [4.69, 9.17) is 4.52 Å². The smallest absolute Gasteiger partial charge is 0.231 e. The summed E-state index contributed by atoms with van der Waals surface area (Å²) in [5.74, 6) is 0.195. The lowest BCUT2D eigenvalue weighted by Crippen LogP contribution is -2.41. The molecule has 1 aliphatic rings. The number of amides is 2. The Balaban J connectivity index is 1.44. The summed E-state index contributed by atoms with van der Waals surface area (Å²) in [7, 11) is 0. The summed E-state index contributed by atoms with van der Waals surface area (Å²) in [6, 6.07) is 8.94. The molecule has 1 saturated heterocycles. The third kappa shape index (κ3) is 5.16. The fourth-order valence-electron chi connectivity index (χ4n) is 3.91. The summed E-state index contributed by atoms with van der Waals surface area (Å²) >= 11 is 0. The molecule has 1 fully saturated rings. The summed E-state index contributed by atoms with van der Waals surface area (Å²) in [5, 5.41) is 6.85. The van der Waals surface area contributed by atoms with Gasteiger partial charge in [0, 0.05) is 38.0 Å². The summed E-state index contributed by atoms with van der Waals surface area (Å²) in [6.45, 7) is 2.48. The highest BCUT2D eigenvalue weighted by molar-refractivity contribution is 5.79. The highest BCUT2D eigenvalue weighted by Crippen LogP contribution is 2.29. The minimum absolute atomic E-state index is 0.0596. The van der Waals surface area contributed by atoms with Gasteiger partial charge in [0.1, 0.15) is 5.82 Å². The van der Waals surface area contributed by atoms with Crippen LogP contribution in [0.3, 0.4) is 0 Å². The van der Waals surface area contributed by atoms with Crippen molar-refractivity contribution in [3.63, 3.8) is 0 Å². The van der Waals surface area contributed by atoms with Crippen LogP contribution >= 0.6 is 0 Å². The van der Waals surface area contributed by atoms with Gasteiger partial charge in [0.2, 0.25) is 23.5 Å². The minimum Gasteiger partial charge on any atom is -0.349 e. The zero-order valence-electron chi connectivity index (χ0n) is 17.7. The maximum absolute atomic E-state index is 13.3. The van der Waals surface area contributed by atoms with Crippen LogP contribution in [-0.2, 0) is 9.59 Å². The van der Waals surface area contributed by atoms with Crippen LogP contribution in [-0.4, -0.2) is 44.9 Å². The van der Waals surface area contributed by atoms with Crippen molar-refractivity contribution in [2.75, 3.05) is 13.1 Å². The summed E-state index contributed by atoms with van der Waals surface area (Å²) < 4.78 is 18.8. The van der Waals surface area contributed by atoms with Crippen molar-refractivity contribution in [3.8, 4) is 11.4 Å². The third-order valence-corrected chi connectivity index (χ3v) is 5.51. The van der Waals surface area contributed by atoms with Crippen LogP contribution in [0, 0.1) is 5.82 Å². The molecule has 2 unspecified atom stereocenters. The molecule has 2 atom stereocenters. The molecule has 2 aromatic heterocycles. The van der Waals surface area contributed by atoms with Crippen LogP contribution in [0.2, 0.25) is 0 Å². The third-order valence-electron chi connectivity index (χ3n) is 5.51. The highest BCUT2D eigenvalue weighted by Gasteiger charge is 2.30. The van der Waals surface area contributed by atoms with Gasteiger partial charge in [-0.05, 0) is 42.7 Å². The molecule has 9 heteroatoms. The van der Waals surface area contributed by atoms with Crippen molar-refractivity contribution in [3.05, 3.63) is 66.1 Å². The number of carbonyl (C=O) groups excluding carboxylic acids is 2. The van der Waals surface area contributed by atoms with Crippen LogP contribution < -0.4 is 5.32 Å². The molecule has 2 amide bonds. The van der Waals surface area contributed by atoms with E-state index in [1.165, 1.54) is 19.1 Å². The maximum Gasteiger partial charge on any atom is 0.231 e. The van der Waals surface area contributed by atoms with Crippen molar-refractivity contribution in [2.24, 2.45) is 0 Å². The number of rotatable bonds is 6. The van der Waals surface area contributed by atoms with Gasteiger partial charge in [-0.25, -0.2) is 4.39 Å². The fraction of sp³-hybridized carbons (Fsp3) is 0.348. The van der Waals surface area contributed by atoms with Gasteiger partial charge >= 0.3 is 0 Å². The number of hydrogen-bond acceptors (Lipinski definition) is 6. The molecule has 8 nitrogen and oxygen atoms in total. The van der Waals surface area contributed by atoms with E-state index in [1.807, 2.05) is 6.07 Å². The number of carbonyl (C=O) groups is 2. The van der Waals surface area contributed by atoms with E-state index in [1.54, 1.807) is 35.5 Å². The molecule has 0 radical (unpaired) electrons. The average Bonchev–Trinajstić information content (AvgIpc) is 3.30. The Hall–Kier alpha value is -3.62. The van der Waals surface area contributed by atoms with Gasteiger partial charge in [-0.2, -0.15) is 4.98 Å². The van der Waals surface area contributed by atoms with Crippen molar-refractivity contribution >= 4 is 11.8 Å². The minimum atomic E-state index is -0.526. The lowest BCUT2D eigenvalue weighted by atomic mass is 9.96. The number of likely N-dealkylation sites (tertiary alicyclic amines) is 1. The van der Waals surface area contributed by atoms with E-state index in [0.29, 0.717) is 30.4 Å². The van der Waals surface area contributed by atoms with Crippen molar-refractivity contribution in [1.82, 2.24) is 25.3 Å². The molecule has 1 aliphatic heterocycles. The number of benzene rings is 1. The number of pyridine rings is 1. The first-order valence-electron chi connectivity index (χ1n) is 10.5. The van der Waals surface area contributed by atoms with Crippen LogP contribution in [0.4, 0.5) is 4.39 Å². The van der Waals surface area contributed by atoms with Crippen LogP contribution in [0.25, 0.3) is 11.4 Å². The Morgan fingerprint density at radius 2 is 2.09 bits per heavy atom. The number of piperidine rings is 1. The van der Waals surface area contributed by atoms with E-state index in [0.717, 1.165) is 18.4 Å². The monoisotopic (exact) mass is 437 g/mol. The first-order valence-corrected chi connectivity index (χ1v) is 10.5. The second-order valence-corrected chi connectivity index (χ2v) is 7.89. The molecule has 0 bridgehead atoms. The molecule has 1 aromatic carbocycles. The van der Waals surface area contributed by atoms with Crippen LogP contribution in [0.15, 0.2) is 53.3 Å². The quantitative estimate of drug-likeness (QED) is 0.635. The molecule has 166 valence electrons. The lowest BCUT2D eigenvalue weighted by Gasteiger charge is -2.32. The summed E-state index contributed by atoms with van der Waals surface area (Å²) in [6.07, 6.45) is 5.08. The van der Waals surface area contributed by atoms with E-state index in [9.17, 15) is 14.0 Å². The number of nitrogens with one attached hydrogen (secondary N) is 1. The first-order chi connectivity index (χ1) is 15.5. The Morgan fingerprint density at radius 3 is 2.81 bits per heavy atom. The Kier molecular flexibility index (Phi) is 6.53. The zero-order valence-corrected chi connectivity index (χ0v) is 17.7. The molecule has 4 rings (SSSR count). The molecule has 1 N–H and O–H groups in total. The molecule has 0 saturated carbocycles. The topological polar surface area (TPSA) is 101 Å². The van der Waals surface area contributed by atoms with Gasteiger partial charge in [0.25, 0.3) is 0 Å². The van der Waals surface area contributed by atoms with Gasteiger partial charge < -0.3 is 14.7 Å². The van der Waals surface area contributed by atoms with E-state index in [2.05, 4.69) is 20.4 Å². The van der Waals surface area contributed by atoms with E-state index < -0.39 is 6.04 Å². The standard InChI is InChI=1S/C23H24FN5O3/c1-15(30)26-20(16-6-8-19(24)9-7-16)12-21(31)29-11-3-5-18(14-29)23-27-22(28-32-23)17-4-2-10-25-13-17/h2,4,6-10,13,18,20H,3,5,11-12,14H2,1H3,(H,26,30). The number of nitrogens with zero attached hydrogens (tertiary/aromatic N) is 4. The summed E-state index contributed by atoms with van der Waals surface area (Å²) in [4.78, 5) is 35.1. The molecular weight excluding hydrogens is 413 g/mol. The molecular formula is C23H24FN5O3. The van der Waals surface area contributed by atoms with Gasteiger partial charge in [-0.3, -0.25) is 14.6 Å². The predicted molar refractivity (Wildman–Crippen MR) is 114 cm³/mol. The van der Waals surface area contributed by atoms with Crippen molar-refractivity contribution < 1.29 is 18.5 Å². The number of hydrogen-bond donors (Lipinski definition) is 1. The first kappa shape index (κ1) is 21.6. The second-order valence-electron chi connectivity index (χ2n) is 7.89. The Labute approximate surface area is 184 Å². The van der Waals surface area contributed by atoms with Crippen LogP contribution in [0.1, 0.15) is 49.6 Å². The van der Waals surface area contributed by atoms with Gasteiger partial charge in [0.15, 0.2) is 0 Å². The molecule has 0 spiro atoms. The average molecular weight is 437 g/mol. The molecule has 32 heavy (non-hydrogen) atoms. The van der Waals surface area contributed by atoms with Gasteiger partial charge in [-0.1, -0.05) is 17.3 Å². The SMILES string of the molecule is CC(=O)NC(CC(=O)N1CCCC(c2nc(-c3cccnc3)no2)C1)c1ccc(F)cc1. The van der Waals surface area contributed by atoms with Crippen molar-refractivity contribution in [2.45, 2.75) is 38.1 Å². The number of aromatic nitrogens is 3. The van der Waals surface area contributed by atoms with Crippen LogP contribution in [0.5, 0.6) is 0 Å². The zero-order chi connectivity index (χ0) is 22.5. The second kappa shape index (κ2) is 9.67. The largest absolute Gasteiger partial charge is 0.349 e. The number of halogens is 1. The Morgan fingerprint density at radius 1 is 1.28 bits per heavy atom. The molecule has 0 aliphatic carbocycles. The van der Waals surface area contributed by atoms with Gasteiger partial charge in [-0.15, -0.1) is 0 Å². The molecule has 3 heterocycles. The lowest BCUT2D eigenvalue weighted by molar-refractivity contribution is -0.133. The van der Waals surface area contributed by atoms with E-state index in [-0.39, 0.29) is 30.0 Å². The van der Waals surface area contributed by atoms with E-state index >= 15 is 0 Å². The highest BCUT2D eigenvalue weighted by atomic mass is 19.1. The normalized spacial score (nSPS) is 17.1.